The first-order valence-corrected chi connectivity index (χ1v) is 5.69. The first kappa shape index (κ1) is 13.4. The fraction of sp³-hybridized carbons (Fsp3) is 0.462. The SMILES string of the molecule is CC(C)C(=O)C[C@H](C)c1ccc([N+](=O)[O-])cc1. The highest BCUT2D eigenvalue weighted by molar-refractivity contribution is 5.81. The molecule has 0 aromatic heterocycles. The number of carbonyl (C=O) groups excluding carboxylic acids is 1. The predicted octanol–water partition coefficient (Wildman–Crippen LogP) is 3.31. The van der Waals surface area contributed by atoms with Crippen molar-refractivity contribution in [1.29, 1.82) is 0 Å². The van der Waals surface area contributed by atoms with Gasteiger partial charge in [-0.3, -0.25) is 14.9 Å². The van der Waals surface area contributed by atoms with E-state index in [-0.39, 0.29) is 23.3 Å². The van der Waals surface area contributed by atoms with E-state index in [1.54, 1.807) is 12.1 Å². The van der Waals surface area contributed by atoms with Gasteiger partial charge in [0.25, 0.3) is 5.69 Å². The molecule has 1 atom stereocenters. The maximum absolute atomic E-state index is 11.6. The molecule has 17 heavy (non-hydrogen) atoms. The summed E-state index contributed by atoms with van der Waals surface area (Å²) in [4.78, 5) is 21.7. The van der Waals surface area contributed by atoms with Gasteiger partial charge in [-0.05, 0) is 11.5 Å². The zero-order valence-electron chi connectivity index (χ0n) is 10.3. The number of Topliss-reactive ketones (excluding diaryl/α,β-unsaturated/α-hetero) is 1. The number of non-ortho nitro benzene ring substituents is 1. The molecule has 0 radical (unpaired) electrons. The Bertz CT molecular complexity index is 409. The largest absolute Gasteiger partial charge is 0.299 e. The van der Waals surface area contributed by atoms with Gasteiger partial charge >= 0.3 is 0 Å². The molecule has 0 N–H and O–H groups in total. The van der Waals surface area contributed by atoms with Gasteiger partial charge in [0, 0.05) is 24.5 Å². The molecule has 0 aliphatic carbocycles. The van der Waals surface area contributed by atoms with E-state index < -0.39 is 4.92 Å². The number of rotatable bonds is 5. The van der Waals surface area contributed by atoms with Crippen molar-refractivity contribution in [3.05, 3.63) is 39.9 Å². The molecular formula is C13H17NO3. The van der Waals surface area contributed by atoms with E-state index in [2.05, 4.69) is 0 Å². The monoisotopic (exact) mass is 235 g/mol. The molecule has 1 aromatic rings. The van der Waals surface area contributed by atoms with Crippen LogP contribution >= 0.6 is 0 Å². The zero-order valence-corrected chi connectivity index (χ0v) is 10.3. The van der Waals surface area contributed by atoms with Crippen molar-refractivity contribution in [2.24, 2.45) is 5.92 Å². The summed E-state index contributed by atoms with van der Waals surface area (Å²) in [6.45, 7) is 5.72. The van der Waals surface area contributed by atoms with Gasteiger partial charge in [-0.2, -0.15) is 0 Å². The molecular weight excluding hydrogens is 218 g/mol. The van der Waals surface area contributed by atoms with Gasteiger partial charge in [-0.25, -0.2) is 0 Å². The van der Waals surface area contributed by atoms with E-state index in [0.717, 1.165) is 5.56 Å². The highest BCUT2D eigenvalue weighted by Gasteiger charge is 2.14. The van der Waals surface area contributed by atoms with Crippen molar-refractivity contribution < 1.29 is 9.72 Å². The summed E-state index contributed by atoms with van der Waals surface area (Å²) in [5.74, 6) is 0.358. The van der Waals surface area contributed by atoms with E-state index in [0.29, 0.717) is 6.42 Å². The van der Waals surface area contributed by atoms with Crippen LogP contribution in [0, 0.1) is 16.0 Å². The average molecular weight is 235 g/mol. The Hall–Kier alpha value is -1.71. The fourth-order valence-corrected chi connectivity index (χ4v) is 1.58. The van der Waals surface area contributed by atoms with E-state index in [1.165, 1.54) is 12.1 Å². The lowest BCUT2D eigenvalue weighted by atomic mass is 9.92. The Balaban J connectivity index is 2.73. The second-order valence-electron chi connectivity index (χ2n) is 4.57. The minimum absolute atomic E-state index is 0.0375. The number of hydrogen-bond acceptors (Lipinski definition) is 3. The minimum atomic E-state index is -0.423. The molecule has 0 spiro atoms. The van der Waals surface area contributed by atoms with Crippen molar-refractivity contribution in [1.82, 2.24) is 0 Å². The van der Waals surface area contributed by atoms with E-state index in [9.17, 15) is 14.9 Å². The average Bonchev–Trinajstić information content (AvgIpc) is 2.28. The molecule has 92 valence electrons. The standard InChI is InChI=1S/C13H17NO3/c1-9(2)13(15)8-10(3)11-4-6-12(7-5-11)14(16)17/h4-7,9-10H,8H2,1-3H3/t10-/m0/s1. The zero-order chi connectivity index (χ0) is 13.0. The maximum atomic E-state index is 11.6. The molecule has 0 saturated heterocycles. The van der Waals surface area contributed by atoms with E-state index >= 15 is 0 Å². The second kappa shape index (κ2) is 5.57. The fourth-order valence-electron chi connectivity index (χ4n) is 1.58. The molecule has 0 fully saturated rings. The summed E-state index contributed by atoms with van der Waals surface area (Å²) in [5.41, 5.74) is 1.04. The smallest absolute Gasteiger partial charge is 0.269 e. The van der Waals surface area contributed by atoms with Gasteiger partial charge in [0.1, 0.15) is 5.78 Å². The minimum Gasteiger partial charge on any atom is -0.299 e. The molecule has 1 rings (SSSR count). The van der Waals surface area contributed by atoms with Gasteiger partial charge in [-0.15, -0.1) is 0 Å². The van der Waals surface area contributed by atoms with Gasteiger partial charge in [-0.1, -0.05) is 32.9 Å². The summed E-state index contributed by atoms with van der Waals surface area (Å²) in [6, 6.07) is 6.39. The third kappa shape index (κ3) is 3.66. The van der Waals surface area contributed by atoms with Crippen LogP contribution in [0.25, 0.3) is 0 Å². The maximum Gasteiger partial charge on any atom is 0.269 e. The first-order valence-electron chi connectivity index (χ1n) is 5.69. The van der Waals surface area contributed by atoms with Gasteiger partial charge in [0.05, 0.1) is 4.92 Å². The van der Waals surface area contributed by atoms with Crippen LogP contribution in [0.5, 0.6) is 0 Å². The van der Waals surface area contributed by atoms with Crippen molar-refractivity contribution in [2.45, 2.75) is 33.1 Å². The molecule has 1 aromatic carbocycles. The van der Waals surface area contributed by atoms with Crippen LogP contribution in [0.4, 0.5) is 5.69 Å². The summed E-state index contributed by atoms with van der Waals surface area (Å²) in [6.07, 6.45) is 0.482. The topological polar surface area (TPSA) is 60.2 Å². The van der Waals surface area contributed by atoms with Crippen LogP contribution in [-0.2, 0) is 4.79 Å². The Kier molecular flexibility index (Phi) is 4.37. The van der Waals surface area contributed by atoms with Crippen LogP contribution < -0.4 is 0 Å². The first-order chi connectivity index (χ1) is 7.91. The summed E-state index contributed by atoms with van der Waals surface area (Å²) < 4.78 is 0. The molecule has 4 nitrogen and oxygen atoms in total. The molecule has 0 bridgehead atoms. The van der Waals surface area contributed by atoms with Crippen molar-refractivity contribution in [3.63, 3.8) is 0 Å². The Morgan fingerprint density at radius 2 is 1.76 bits per heavy atom. The number of nitrogens with zero attached hydrogens (tertiary/aromatic N) is 1. The highest BCUT2D eigenvalue weighted by Crippen LogP contribution is 2.23. The number of nitro benzene ring substituents is 1. The number of nitro groups is 1. The predicted molar refractivity (Wildman–Crippen MR) is 66.0 cm³/mol. The Morgan fingerprint density at radius 1 is 1.24 bits per heavy atom. The Morgan fingerprint density at radius 3 is 2.18 bits per heavy atom. The summed E-state index contributed by atoms with van der Waals surface area (Å²) >= 11 is 0. The lowest BCUT2D eigenvalue weighted by Crippen LogP contribution is -2.10. The summed E-state index contributed by atoms with van der Waals surface area (Å²) in [7, 11) is 0. The van der Waals surface area contributed by atoms with Crippen LogP contribution in [-0.4, -0.2) is 10.7 Å². The summed E-state index contributed by atoms with van der Waals surface area (Å²) in [5, 5.41) is 10.5. The molecule has 0 aliphatic rings. The van der Waals surface area contributed by atoms with Crippen LogP contribution in [0.2, 0.25) is 0 Å². The molecule has 0 saturated carbocycles. The van der Waals surface area contributed by atoms with Crippen LogP contribution in [0.3, 0.4) is 0 Å². The van der Waals surface area contributed by atoms with E-state index in [4.69, 9.17) is 0 Å². The third-order valence-electron chi connectivity index (χ3n) is 2.82. The Labute approximate surface area is 101 Å². The quantitative estimate of drug-likeness (QED) is 0.581. The second-order valence-corrected chi connectivity index (χ2v) is 4.57. The molecule has 4 heteroatoms. The van der Waals surface area contributed by atoms with Gasteiger partial charge in [0.2, 0.25) is 0 Å². The number of carbonyl (C=O) groups is 1. The number of benzene rings is 1. The lowest BCUT2D eigenvalue weighted by molar-refractivity contribution is -0.384. The molecule has 0 unspecified atom stereocenters. The number of hydrogen-bond donors (Lipinski definition) is 0. The van der Waals surface area contributed by atoms with Crippen molar-refractivity contribution in [2.75, 3.05) is 0 Å². The normalized spacial score (nSPS) is 12.5. The van der Waals surface area contributed by atoms with E-state index in [1.807, 2.05) is 20.8 Å². The van der Waals surface area contributed by atoms with Crippen molar-refractivity contribution in [3.8, 4) is 0 Å². The van der Waals surface area contributed by atoms with Crippen LogP contribution in [0.15, 0.2) is 24.3 Å². The highest BCUT2D eigenvalue weighted by atomic mass is 16.6. The van der Waals surface area contributed by atoms with Crippen LogP contribution in [0.1, 0.15) is 38.7 Å². The van der Waals surface area contributed by atoms with Gasteiger partial charge < -0.3 is 0 Å². The van der Waals surface area contributed by atoms with Gasteiger partial charge in [0.15, 0.2) is 0 Å². The molecule has 0 amide bonds. The van der Waals surface area contributed by atoms with Crippen molar-refractivity contribution >= 4 is 11.5 Å². The molecule has 0 aliphatic heterocycles. The third-order valence-corrected chi connectivity index (χ3v) is 2.82. The number of ketones is 1. The molecule has 0 heterocycles. The lowest BCUT2D eigenvalue weighted by Gasteiger charge is -2.12.